The van der Waals surface area contributed by atoms with Crippen LogP contribution in [0.4, 0.5) is 0 Å². The number of benzene rings is 1. The summed E-state index contributed by atoms with van der Waals surface area (Å²) in [4.78, 5) is 0. The molecule has 0 saturated heterocycles. The topological polar surface area (TPSA) is 12.0 Å². The summed E-state index contributed by atoms with van der Waals surface area (Å²) in [7, 11) is 0. The molecule has 1 nitrogen and oxygen atoms in total. The van der Waals surface area contributed by atoms with Crippen LogP contribution >= 0.6 is 23.2 Å². The fraction of sp³-hybridized carbons (Fsp3) is 0.500. The van der Waals surface area contributed by atoms with Gasteiger partial charge in [0.2, 0.25) is 0 Å². The van der Waals surface area contributed by atoms with Gasteiger partial charge in [-0.05, 0) is 24.5 Å². The standard InChI is InChI=1S/C12H15Cl2N/c13-11-7-3-4-9(12(11)14)8-15-10-5-1-2-6-10/h3-4,7,10,15H,1-2,5-6,8H2. The van der Waals surface area contributed by atoms with Gasteiger partial charge in [-0.1, -0.05) is 48.2 Å². The molecular weight excluding hydrogens is 229 g/mol. The van der Waals surface area contributed by atoms with E-state index in [0.29, 0.717) is 16.1 Å². The molecule has 1 N–H and O–H groups in total. The zero-order valence-electron chi connectivity index (χ0n) is 8.60. The van der Waals surface area contributed by atoms with Crippen LogP contribution in [0, 0.1) is 0 Å². The first-order chi connectivity index (χ1) is 7.27. The van der Waals surface area contributed by atoms with Gasteiger partial charge >= 0.3 is 0 Å². The molecule has 0 spiro atoms. The van der Waals surface area contributed by atoms with Crippen molar-refractivity contribution in [1.29, 1.82) is 0 Å². The van der Waals surface area contributed by atoms with E-state index in [0.717, 1.165) is 12.1 Å². The summed E-state index contributed by atoms with van der Waals surface area (Å²) in [6, 6.07) is 6.46. The average molecular weight is 244 g/mol. The molecule has 1 aliphatic rings. The molecule has 3 heteroatoms. The molecule has 0 amide bonds. The zero-order chi connectivity index (χ0) is 10.7. The van der Waals surface area contributed by atoms with E-state index >= 15 is 0 Å². The van der Waals surface area contributed by atoms with Crippen molar-refractivity contribution in [3.05, 3.63) is 33.8 Å². The molecule has 0 unspecified atom stereocenters. The van der Waals surface area contributed by atoms with Gasteiger partial charge in [0, 0.05) is 12.6 Å². The van der Waals surface area contributed by atoms with Crippen molar-refractivity contribution < 1.29 is 0 Å². The summed E-state index contributed by atoms with van der Waals surface area (Å²) in [6.07, 6.45) is 5.28. The van der Waals surface area contributed by atoms with E-state index in [1.807, 2.05) is 18.2 Å². The Bertz CT molecular complexity index is 332. The van der Waals surface area contributed by atoms with Gasteiger partial charge < -0.3 is 5.32 Å². The molecule has 1 aliphatic carbocycles. The van der Waals surface area contributed by atoms with Gasteiger partial charge in [0.1, 0.15) is 0 Å². The van der Waals surface area contributed by atoms with E-state index in [4.69, 9.17) is 23.2 Å². The minimum atomic E-state index is 0.641. The first-order valence-corrected chi connectivity index (χ1v) is 6.19. The molecule has 1 fully saturated rings. The van der Waals surface area contributed by atoms with Crippen LogP contribution in [-0.2, 0) is 6.54 Å². The SMILES string of the molecule is Clc1cccc(CNC2CCCC2)c1Cl. The Balaban J connectivity index is 1.95. The van der Waals surface area contributed by atoms with Crippen LogP contribution < -0.4 is 5.32 Å². The second kappa shape index (κ2) is 5.20. The van der Waals surface area contributed by atoms with Crippen LogP contribution in [0.1, 0.15) is 31.2 Å². The lowest BCUT2D eigenvalue weighted by Crippen LogP contribution is -2.25. The van der Waals surface area contributed by atoms with E-state index in [1.165, 1.54) is 25.7 Å². The van der Waals surface area contributed by atoms with Crippen LogP contribution in [0.5, 0.6) is 0 Å². The summed E-state index contributed by atoms with van der Waals surface area (Å²) < 4.78 is 0. The molecule has 0 bridgehead atoms. The third-order valence-corrected chi connectivity index (χ3v) is 3.83. The predicted octanol–water partition coefficient (Wildman–Crippen LogP) is 4.03. The summed E-state index contributed by atoms with van der Waals surface area (Å²) in [5, 5.41) is 4.85. The minimum Gasteiger partial charge on any atom is -0.310 e. The molecule has 0 aromatic heterocycles. The molecule has 15 heavy (non-hydrogen) atoms. The van der Waals surface area contributed by atoms with Crippen LogP contribution in [0.15, 0.2) is 18.2 Å². The Morgan fingerprint density at radius 2 is 1.93 bits per heavy atom. The summed E-state index contributed by atoms with van der Waals surface area (Å²) >= 11 is 12.1. The largest absolute Gasteiger partial charge is 0.310 e. The second-order valence-electron chi connectivity index (χ2n) is 4.08. The van der Waals surface area contributed by atoms with Crippen molar-refractivity contribution in [3.8, 4) is 0 Å². The van der Waals surface area contributed by atoms with Gasteiger partial charge in [-0.2, -0.15) is 0 Å². The van der Waals surface area contributed by atoms with Gasteiger partial charge in [0.15, 0.2) is 0 Å². The van der Waals surface area contributed by atoms with Gasteiger partial charge in [0.05, 0.1) is 10.0 Å². The van der Waals surface area contributed by atoms with Gasteiger partial charge in [-0.3, -0.25) is 0 Å². The fourth-order valence-corrected chi connectivity index (χ4v) is 2.46. The molecule has 82 valence electrons. The van der Waals surface area contributed by atoms with Crippen molar-refractivity contribution in [1.82, 2.24) is 5.32 Å². The van der Waals surface area contributed by atoms with Crippen molar-refractivity contribution >= 4 is 23.2 Å². The average Bonchev–Trinajstić information content (AvgIpc) is 2.73. The van der Waals surface area contributed by atoms with E-state index < -0.39 is 0 Å². The highest BCUT2D eigenvalue weighted by molar-refractivity contribution is 6.42. The highest BCUT2D eigenvalue weighted by atomic mass is 35.5. The highest BCUT2D eigenvalue weighted by Gasteiger charge is 2.14. The van der Waals surface area contributed by atoms with E-state index in [2.05, 4.69) is 5.32 Å². The number of halogens is 2. The van der Waals surface area contributed by atoms with Crippen molar-refractivity contribution in [2.75, 3.05) is 0 Å². The minimum absolute atomic E-state index is 0.641. The first kappa shape index (κ1) is 11.3. The van der Waals surface area contributed by atoms with Crippen molar-refractivity contribution in [2.45, 2.75) is 38.3 Å². The van der Waals surface area contributed by atoms with Gasteiger partial charge in [0.25, 0.3) is 0 Å². The number of hydrogen-bond acceptors (Lipinski definition) is 1. The lowest BCUT2D eigenvalue weighted by molar-refractivity contribution is 0.524. The van der Waals surface area contributed by atoms with E-state index in [1.54, 1.807) is 0 Å². The van der Waals surface area contributed by atoms with Crippen LogP contribution in [0.3, 0.4) is 0 Å². The predicted molar refractivity (Wildman–Crippen MR) is 65.6 cm³/mol. The number of rotatable bonds is 3. The quantitative estimate of drug-likeness (QED) is 0.846. The van der Waals surface area contributed by atoms with E-state index in [9.17, 15) is 0 Å². The zero-order valence-corrected chi connectivity index (χ0v) is 10.1. The second-order valence-corrected chi connectivity index (χ2v) is 4.86. The summed E-state index contributed by atoms with van der Waals surface area (Å²) in [5.41, 5.74) is 1.09. The molecule has 0 aliphatic heterocycles. The first-order valence-electron chi connectivity index (χ1n) is 5.43. The third-order valence-electron chi connectivity index (χ3n) is 2.97. The molecule has 1 aromatic carbocycles. The molecule has 0 atom stereocenters. The maximum absolute atomic E-state index is 6.11. The van der Waals surface area contributed by atoms with Crippen LogP contribution in [0.25, 0.3) is 0 Å². The van der Waals surface area contributed by atoms with Crippen LogP contribution in [-0.4, -0.2) is 6.04 Å². The number of nitrogens with one attached hydrogen (secondary N) is 1. The third kappa shape index (κ3) is 2.87. The van der Waals surface area contributed by atoms with Gasteiger partial charge in [-0.25, -0.2) is 0 Å². The smallest absolute Gasteiger partial charge is 0.0637 e. The molecule has 1 aromatic rings. The molecule has 0 heterocycles. The monoisotopic (exact) mass is 243 g/mol. The number of hydrogen-bond donors (Lipinski definition) is 1. The van der Waals surface area contributed by atoms with Crippen molar-refractivity contribution in [2.24, 2.45) is 0 Å². The Kier molecular flexibility index (Phi) is 3.90. The molecule has 1 saturated carbocycles. The summed E-state index contributed by atoms with van der Waals surface area (Å²) in [6.45, 7) is 0.823. The van der Waals surface area contributed by atoms with Gasteiger partial charge in [-0.15, -0.1) is 0 Å². The Hall–Kier alpha value is -0.240. The maximum Gasteiger partial charge on any atom is 0.0637 e. The Labute approximate surface area is 101 Å². The lowest BCUT2D eigenvalue weighted by atomic mass is 10.2. The maximum atomic E-state index is 6.11. The fourth-order valence-electron chi connectivity index (χ4n) is 2.07. The van der Waals surface area contributed by atoms with Crippen LogP contribution in [0.2, 0.25) is 10.0 Å². The Morgan fingerprint density at radius 3 is 2.67 bits per heavy atom. The molecule has 2 rings (SSSR count). The van der Waals surface area contributed by atoms with E-state index in [-0.39, 0.29) is 0 Å². The Morgan fingerprint density at radius 1 is 1.20 bits per heavy atom. The van der Waals surface area contributed by atoms with Crippen molar-refractivity contribution in [3.63, 3.8) is 0 Å². The normalized spacial score (nSPS) is 17.2. The lowest BCUT2D eigenvalue weighted by Gasteiger charge is -2.12. The summed E-state index contributed by atoms with van der Waals surface area (Å²) in [5.74, 6) is 0. The highest BCUT2D eigenvalue weighted by Crippen LogP contribution is 2.26. The molecule has 0 radical (unpaired) electrons. The molecular formula is C12H15Cl2N.